The summed E-state index contributed by atoms with van der Waals surface area (Å²) < 4.78 is 2.36. The van der Waals surface area contributed by atoms with E-state index in [0.29, 0.717) is 0 Å². The number of para-hydroxylation sites is 3. The first-order chi connectivity index (χ1) is 14.8. The Hall–Kier alpha value is -3.37. The molecule has 0 amide bonds. The number of aromatic nitrogens is 3. The SMILES string of the molecule is Cc1ccc(Cn2cc(CNCCc3nc4ccccc4[nH]3)c3ccccc32)cc1. The molecule has 0 atom stereocenters. The van der Waals surface area contributed by atoms with E-state index in [2.05, 4.69) is 87.6 Å². The summed E-state index contributed by atoms with van der Waals surface area (Å²) in [5.74, 6) is 1.03. The van der Waals surface area contributed by atoms with Crippen molar-refractivity contribution in [3.63, 3.8) is 0 Å². The number of hydrogen-bond donors (Lipinski definition) is 2. The van der Waals surface area contributed by atoms with Crippen molar-refractivity contribution in [3.8, 4) is 0 Å². The molecule has 2 N–H and O–H groups in total. The van der Waals surface area contributed by atoms with Crippen molar-refractivity contribution in [1.29, 1.82) is 0 Å². The van der Waals surface area contributed by atoms with Gasteiger partial charge in [-0.25, -0.2) is 4.98 Å². The van der Waals surface area contributed by atoms with Gasteiger partial charge in [0, 0.05) is 43.2 Å². The average Bonchev–Trinajstić information content (AvgIpc) is 3.34. The van der Waals surface area contributed by atoms with Gasteiger partial charge in [-0.2, -0.15) is 0 Å². The van der Waals surface area contributed by atoms with Crippen molar-refractivity contribution >= 4 is 21.9 Å². The summed E-state index contributed by atoms with van der Waals surface area (Å²) >= 11 is 0. The molecule has 2 heterocycles. The van der Waals surface area contributed by atoms with Crippen LogP contribution in [0.4, 0.5) is 0 Å². The fourth-order valence-corrected chi connectivity index (χ4v) is 4.04. The number of aromatic amines is 1. The number of hydrogen-bond acceptors (Lipinski definition) is 2. The number of benzene rings is 3. The maximum absolute atomic E-state index is 4.66. The molecule has 0 radical (unpaired) electrons. The number of aryl methyl sites for hydroxylation is 1. The zero-order valence-electron chi connectivity index (χ0n) is 17.2. The summed E-state index contributed by atoms with van der Waals surface area (Å²) in [6.07, 6.45) is 3.18. The Morgan fingerprint density at radius 2 is 1.73 bits per heavy atom. The molecule has 0 spiro atoms. The molecule has 0 fully saturated rings. The molecule has 5 aromatic rings. The number of H-pyrrole nitrogens is 1. The number of nitrogens with one attached hydrogen (secondary N) is 2. The summed E-state index contributed by atoms with van der Waals surface area (Å²) in [4.78, 5) is 8.07. The molecule has 30 heavy (non-hydrogen) atoms. The highest BCUT2D eigenvalue weighted by molar-refractivity contribution is 5.84. The van der Waals surface area contributed by atoms with Gasteiger partial charge in [-0.05, 0) is 36.2 Å². The Kier molecular flexibility index (Phi) is 5.08. The Bertz CT molecular complexity index is 1240. The molecule has 3 aromatic carbocycles. The first kappa shape index (κ1) is 18.6. The number of imidazole rings is 1. The van der Waals surface area contributed by atoms with Crippen LogP contribution in [0.1, 0.15) is 22.5 Å². The van der Waals surface area contributed by atoms with Gasteiger partial charge in [-0.1, -0.05) is 60.2 Å². The zero-order valence-corrected chi connectivity index (χ0v) is 17.2. The third kappa shape index (κ3) is 3.87. The maximum atomic E-state index is 4.66. The standard InChI is InChI=1S/C26H26N4/c1-19-10-12-20(13-11-19)17-30-18-21(22-6-2-5-9-25(22)30)16-27-15-14-26-28-23-7-3-4-8-24(23)29-26/h2-13,18,27H,14-17H2,1H3,(H,28,29). The van der Waals surface area contributed by atoms with Crippen molar-refractivity contribution in [2.75, 3.05) is 6.54 Å². The highest BCUT2D eigenvalue weighted by atomic mass is 15.0. The topological polar surface area (TPSA) is 45.6 Å². The zero-order chi connectivity index (χ0) is 20.3. The van der Waals surface area contributed by atoms with Gasteiger partial charge in [-0.3, -0.25) is 0 Å². The lowest BCUT2D eigenvalue weighted by atomic mass is 10.1. The molecule has 150 valence electrons. The molecule has 0 bridgehead atoms. The minimum absolute atomic E-state index is 0.849. The Balaban J connectivity index is 1.27. The van der Waals surface area contributed by atoms with Crippen molar-refractivity contribution < 1.29 is 0 Å². The molecule has 4 nitrogen and oxygen atoms in total. The second kappa shape index (κ2) is 8.17. The summed E-state index contributed by atoms with van der Waals surface area (Å²) in [6, 6.07) is 25.6. The van der Waals surface area contributed by atoms with Crippen LogP contribution in [-0.2, 0) is 19.5 Å². The second-order valence-electron chi connectivity index (χ2n) is 7.91. The molecule has 0 saturated carbocycles. The summed E-state index contributed by atoms with van der Waals surface area (Å²) in [7, 11) is 0. The lowest BCUT2D eigenvalue weighted by Gasteiger charge is -2.06. The average molecular weight is 395 g/mol. The van der Waals surface area contributed by atoms with Crippen molar-refractivity contribution in [3.05, 3.63) is 102 Å². The minimum Gasteiger partial charge on any atom is -0.343 e. The fourth-order valence-electron chi connectivity index (χ4n) is 4.04. The molecular weight excluding hydrogens is 368 g/mol. The minimum atomic E-state index is 0.849. The maximum Gasteiger partial charge on any atom is 0.108 e. The van der Waals surface area contributed by atoms with Gasteiger partial charge in [0.1, 0.15) is 5.82 Å². The number of nitrogens with zero attached hydrogens (tertiary/aromatic N) is 2. The largest absolute Gasteiger partial charge is 0.343 e. The van der Waals surface area contributed by atoms with E-state index >= 15 is 0 Å². The lowest BCUT2D eigenvalue weighted by Crippen LogP contribution is -2.17. The van der Waals surface area contributed by atoms with Gasteiger partial charge in [0.15, 0.2) is 0 Å². The lowest BCUT2D eigenvalue weighted by molar-refractivity contribution is 0.674. The van der Waals surface area contributed by atoms with E-state index in [4.69, 9.17) is 0 Å². The predicted molar refractivity (Wildman–Crippen MR) is 124 cm³/mol. The van der Waals surface area contributed by atoms with E-state index in [-0.39, 0.29) is 0 Å². The van der Waals surface area contributed by atoms with Crippen LogP contribution in [0.2, 0.25) is 0 Å². The highest BCUT2D eigenvalue weighted by Gasteiger charge is 2.09. The van der Waals surface area contributed by atoms with E-state index in [1.165, 1.54) is 27.6 Å². The van der Waals surface area contributed by atoms with Gasteiger partial charge in [0.2, 0.25) is 0 Å². The van der Waals surface area contributed by atoms with Crippen LogP contribution in [-0.4, -0.2) is 21.1 Å². The van der Waals surface area contributed by atoms with Gasteiger partial charge in [0.25, 0.3) is 0 Å². The molecule has 0 aliphatic heterocycles. The Labute approximate surface area is 176 Å². The first-order valence-electron chi connectivity index (χ1n) is 10.5. The van der Waals surface area contributed by atoms with Crippen molar-refractivity contribution in [1.82, 2.24) is 19.9 Å². The Morgan fingerprint density at radius 1 is 0.933 bits per heavy atom. The van der Waals surface area contributed by atoms with Crippen LogP contribution >= 0.6 is 0 Å². The van der Waals surface area contributed by atoms with Crippen LogP contribution in [0, 0.1) is 6.92 Å². The molecule has 0 saturated heterocycles. The molecule has 4 heteroatoms. The number of rotatable bonds is 7. The normalized spacial score (nSPS) is 11.5. The smallest absolute Gasteiger partial charge is 0.108 e. The van der Waals surface area contributed by atoms with Crippen LogP contribution in [0.5, 0.6) is 0 Å². The predicted octanol–water partition coefficient (Wildman–Crippen LogP) is 5.21. The van der Waals surface area contributed by atoms with E-state index in [9.17, 15) is 0 Å². The molecule has 5 rings (SSSR count). The monoisotopic (exact) mass is 394 g/mol. The van der Waals surface area contributed by atoms with E-state index < -0.39 is 0 Å². The van der Waals surface area contributed by atoms with Gasteiger partial charge in [0.05, 0.1) is 11.0 Å². The summed E-state index contributed by atoms with van der Waals surface area (Å²) in [6.45, 7) is 4.75. The van der Waals surface area contributed by atoms with Crippen LogP contribution in [0.25, 0.3) is 21.9 Å². The second-order valence-corrected chi connectivity index (χ2v) is 7.91. The molecule has 0 unspecified atom stereocenters. The third-order valence-electron chi connectivity index (χ3n) is 5.64. The van der Waals surface area contributed by atoms with Gasteiger partial charge >= 0.3 is 0 Å². The van der Waals surface area contributed by atoms with E-state index in [0.717, 1.165) is 42.9 Å². The molecular formula is C26H26N4. The van der Waals surface area contributed by atoms with Gasteiger partial charge < -0.3 is 14.9 Å². The first-order valence-corrected chi connectivity index (χ1v) is 10.5. The van der Waals surface area contributed by atoms with Crippen LogP contribution < -0.4 is 5.32 Å². The van der Waals surface area contributed by atoms with E-state index in [1.54, 1.807) is 0 Å². The van der Waals surface area contributed by atoms with Crippen molar-refractivity contribution in [2.45, 2.75) is 26.4 Å². The molecule has 0 aliphatic carbocycles. The summed E-state index contributed by atoms with van der Waals surface area (Å²) in [5.41, 5.74) is 7.38. The quantitative estimate of drug-likeness (QED) is 0.372. The highest BCUT2D eigenvalue weighted by Crippen LogP contribution is 2.22. The fraction of sp³-hybridized carbons (Fsp3) is 0.192. The van der Waals surface area contributed by atoms with Gasteiger partial charge in [-0.15, -0.1) is 0 Å². The number of fused-ring (bicyclic) bond motifs is 2. The molecule has 0 aliphatic rings. The van der Waals surface area contributed by atoms with Crippen LogP contribution in [0.15, 0.2) is 79.0 Å². The molecule has 2 aromatic heterocycles. The van der Waals surface area contributed by atoms with E-state index in [1.807, 2.05) is 18.2 Å². The Morgan fingerprint density at radius 3 is 2.60 bits per heavy atom. The summed E-state index contributed by atoms with van der Waals surface area (Å²) in [5, 5.41) is 4.92. The van der Waals surface area contributed by atoms with Crippen molar-refractivity contribution in [2.24, 2.45) is 0 Å². The van der Waals surface area contributed by atoms with Crippen LogP contribution in [0.3, 0.4) is 0 Å². The third-order valence-corrected chi connectivity index (χ3v) is 5.64.